The third-order valence-electron chi connectivity index (χ3n) is 2.59. The number of carboxylic acid groups (broad SMARTS) is 1. The van der Waals surface area contributed by atoms with Crippen LogP contribution in [0.1, 0.15) is 10.4 Å². The van der Waals surface area contributed by atoms with E-state index in [1.165, 1.54) is 18.2 Å². The summed E-state index contributed by atoms with van der Waals surface area (Å²) >= 11 is 0. The van der Waals surface area contributed by atoms with Crippen LogP contribution in [0.15, 0.2) is 27.8 Å². The molecule has 19 heavy (non-hydrogen) atoms. The Bertz CT molecular complexity index is 941. The third kappa shape index (κ3) is 1.75. The van der Waals surface area contributed by atoms with E-state index in [1.807, 2.05) is 4.98 Å². The summed E-state index contributed by atoms with van der Waals surface area (Å²) in [5, 5.41) is 8.88. The van der Waals surface area contributed by atoms with E-state index in [0.29, 0.717) is 5.52 Å². The average molecular weight is 258 g/mol. The van der Waals surface area contributed by atoms with Crippen molar-refractivity contribution in [1.82, 2.24) is 19.9 Å². The lowest BCUT2D eigenvalue weighted by Gasteiger charge is -2.00. The van der Waals surface area contributed by atoms with Gasteiger partial charge in [0.2, 0.25) is 0 Å². The quantitative estimate of drug-likeness (QED) is 0.521. The molecule has 1 aromatic carbocycles. The normalized spacial score (nSPS) is 10.9. The van der Waals surface area contributed by atoms with Gasteiger partial charge in [-0.25, -0.2) is 19.6 Å². The smallest absolute Gasteiger partial charge is 0.335 e. The maximum Gasteiger partial charge on any atom is 0.335 e. The molecule has 0 unspecified atom stereocenters. The molecule has 0 aliphatic heterocycles. The maximum absolute atomic E-state index is 11.6. The molecular formula is C11H6N4O4. The van der Waals surface area contributed by atoms with Gasteiger partial charge in [0.1, 0.15) is 0 Å². The number of nitrogens with one attached hydrogen (secondary N) is 2. The molecule has 2 aromatic heterocycles. The molecular weight excluding hydrogens is 252 g/mol. The van der Waals surface area contributed by atoms with Crippen LogP contribution < -0.4 is 11.2 Å². The molecule has 0 radical (unpaired) electrons. The Labute approximate surface area is 103 Å². The Hall–Kier alpha value is -3.03. The van der Waals surface area contributed by atoms with Crippen LogP contribution in [0.4, 0.5) is 0 Å². The van der Waals surface area contributed by atoms with E-state index in [4.69, 9.17) is 5.11 Å². The van der Waals surface area contributed by atoms with Gasteiger partial charge in [-0.05, 0) is 18.2 Å². The fraction of sp³-hybridized carbons (Fsp3) is 0. The zero-order valence-electron chi connectivity index (χ0n) is 9.30. The molecule has 3 N–H and O–H groups in total. The molecule has 0 atom stereocenters. The highest BCUT2D eigenvalue weighted by atomic mass is 16.4. The third-order valence-corrected chi connectivity index (χ3v) is 2.59. The van der Waals surface area contributed by atoms with Crippen molar-refractivity contribution >= 4 is 28.2 Å². The summed E-state index contributed by atoms with van der Waals surface area (Å²) in [7, 11) is 0. The van der Waals surface area contributed by atoms with E-state index < -0.39 is 17.2 Å². The molecule has 8 nitrogen and oxygen atoms in total. The number of aromatic amines is 2. The number of hydrogen-bond donors (Lipinski definition) is 3. The number of H-pyrrole nitrogens is 2. The molecule has 0 spiro atoms. The number of carboxylic acids is 1. The first-order valence-electron chi connectivity index (χ1n) is 5.22. The molecule has 0 saturated heterocycles. The molecule has 2 heterocycles. The molecule has 0 bridgehead atoms. The van der Waals surface area contributed by atoms with Crippen LogP contribution in [0.25, 0.3) is 22.2 Å². The van der Waals surface area contributed by atoms with Crippen LogP contribution in [0.5, 0.6) is 0 Å². The van der Waals surface area contributed by atoms with Crippen LogP contribution in [0, 0.1) is 0 Å². The van der Waals surface area contributed by atoms with E-state index in [1.54, 1.807) is 0 Å². The van der Waals surface area contributed by atoms with Gasteiger partial charge in [0.15, 0.2) is 11.2 Å². The summed E-state index contributed by atoms with van der Waals surface area (Å²) in [5.74, 6) is -1.10. The highest BCUT2D eigenvalue weighted by Gasteiger charge is 2.09. The molecule has 94 valence electrons. The lowest BCUT2D eigenvalue weighted by molar-refractivity contribution is 0.0697. The number of aromatic nitrogens is 4. The Morgan fingerprint density at radius 1 is 1.11 bits per heavy atom. The zero-order chi connectivity index (χ0) is 13.6. The second-order valence-corrected chi connectivity index (χ2v) is 3.84. The highest BCUT2D eigenvalue weighted by Crippen LogP contribution is 2.13. The first-order chi connectivity index (χ1) is 9.04. The minimum atomic E-state index is -1.10. The fourth-order valence-electron chi connectivity index (χ4n) is 1.73. The van der Waals surface area contributed by atoms with Gasteiger partial charge in [0.05, 0.1) is 16.6 Å². The van der Waals surface area contributed by atoms with E-state index in [-0.39, 0.29) is 22.2 Å². The number of nitrogens with zero attached hydrogens (tertiary/aromatic N) is 2. The lowest BCUT2D eigenvalue weighted by atomic mass is 10.2. The second-order valence-electron chi connectivity index (χ2n) is 3.84. The summed E-state index contributed by atoms with van der Waals surface area (Å²) < 4.78 is 0. The van der Waals surface area contributed by atoms with Crippen molar-refractivity contribution in [1.29, 1.82) is 0 Å². The van der Waals surface area contributed by atoms with Gasteiger partial charge >= 0.3 is 11.7 Å². The Morgan fingerprint density at radius 2 is 1.89 bits per heavy atom. The number of aromatic carboxylic acids is 1. The summed E-state index contributed by atoms with van der Waals surface area (Å²) in [5.41, 5.74) is -0.633. The summed E-state index contributed by atoms with van der Waals surface area (Å²) in [4.78, 5) is 46.0. The van der Waals surface area contributed by atoms with E-state index in [0.717, 1.165) is 0 Å². The van der Waals surface area contributed by atoms with Crippen molar-refractivity contribution < 1.29 is 9.90 Å². The molecule has 0 saturated carbocycles. The predicted molar refractivity (Wildman–Crippen MR) is 65.2 cm³/mol. The Balaban J connectivity index is 2.45. The van der Waals surface area contributed by atoms with Gasteiger partial charge in [0.25, 0.3) is 5.56 Å². The monoisotopic (exact) mass is 258 g/mol. The van der Waals surface area contributed by atoms with Crippen molar-refractivity contribution in [3.8, 4) is 0 Å². The second kappa shape index (κ2) is 3.73. The largest absolute Gasteiger partial charge is 0.478 e. The van der Waals surface area contributed by atoms with Crippen molar-refractivity contribution in [3.05, 3.63) is 44.6 Å². The summed E-state index contributed by atoms with van der Waals surface area (Å²) in [6.07, 6.45) is 0. The molecule has 8 heteroatoms. The highest BCUT2D eigenvalue weighted by molar-refractivity contribution is 5.93. The first-order valence-corrected chi connectivity index (χ1v) is 5.22. The van der Waals surface area contributed by atoms with Crippen molar-refractivity contribution in [2.45, 2.75) is 0 Å². The molecule has 3 rings (SSSR count). The average Bonchev–Trinajstić information content (AvgIpc) is 2.36. The van der Waals surface area contributed by atoms with Gasteiger partial charge in [-0.2, -0.15) is 0 Å². The molecule has 3 aromatic rings. The number of fused-ring (bicyclic) bond motifs is 2. The number of rotatable bonds is 1. The Morgan fingerprint density at radius 3 is 2.63 bits per heavy atom. The summed E-state index contributed by atoms with van der Waals surface area (Å²) in [6.45, 7) is 0. The maximum atomic E-state index is 11.6. The summed E-state index contributed by atoms with van der Waals surface area (Å²) in [6, 6.07) is 4.15. The van der Waals surface area contributed by atoms with Gasteiger partial charge in [-0.1, -0.05) is 0 Å². The number of benzene rings is 1. The van der Waals surface area contributed by atoms with Crippen LogP contribution in [-0.4, -0.2) is 31.0 Å². The SMILES string of the molecule is O=C(O)c1ccc2nc3[nH]c(=O)[nH]c(=O)c3nc2c1. The number of hydrogen-bond acceptors (Lipinski definition) is 5. The molecule has 0 aliphatic rings. The van der Waals surface area contributed by atoms with Gasteiger partial charge in [-0.3, -0.25) is 14.8 Å². The number of carbonyl (C=O) groups is 1. The minimum Gasteiger partial charge on any atom is -0.478 e. The molecule has 0 fully saturated rings. The minimum absolute atomic E-state index is 0.0435. The standard InChI is InChI=1S/C11H6N4O4/c16-9-7-8(14-11(19)15-9)13-5-2-1-4(10(17)18)3-6(5)12-7/h1-3H,(H,17,18)(H2,13,14,15,16,19). The molecule has 0 aliphatic carbocycles. The van der Waals surface area contributed by atoms with Crippen LogP contribution in [0.3, 0.4) is 0 Å². The van der Waals surface area contributed by atoms with Crippen molar-refractivity contribution in [2.24, 2.45) is 0 Å². The fourth-order valence-corrected chi connectivity index (χ4v) is 1.73. The predicted octanol–water partition coefficient (Wildman–Crippen LogP) is -0.142. The zero-order valence-corrected chi connectivity index (χ0v) is 9.30. The van der Waals surface area contributed by atoms with Gasteiger partial charge in [-0.15, -0.1) is 0 Å². The van der Waals surface area contributed by atoms with Crippen LogP contribution in [0.2, 0.25) is 0 Å². The molecule has 0 amide bonds. The van der Waals surface area contributed by atoms with Crippen molar-refractivity contribution in [3.63, 3.8) is 0 Å². The van der Waals surface area contributed by atoms with Gasteiger partial charge < -0.3 is 5.11 Å². The lowest BCUT2D eigenvalue weighted by Crippen LogP contribution is -2.23. The Kier molecular flexibility index (Phi) is 2.18. The van der Waals surface area contributed by atoms with E-state index >= 15 is 0 Å². The van der Waals surface area contributed by atoms with E-state index in [9.17, 15) is 14.4 Å². The topological polar surface area (TPSA) is 129 Å². The first kappa shape index (κ1) is 11.1. The van der Waals surface area contributed by atoms with E-state index in [2.05, 4.69) is 15.0 Å². The van der Waals surface area contributed by atoms with Crippen molar-refractivity contribution in [2.75, 3.05) is 0 Å². The van der Waals surface area contributed by atoms with Crippen LogP contribution >= 0.6 is 0 Å². The van der Waals surface area contributed by atoms with Crippen LogP contribution in [-0.2, 0) is 0 Å². The van der Waals surface area contributed by atoms with Gasteiger partial charge in [0, 0.05) is 0 Å².